The van der Waals surface area contributed by atoms with E-state index >= 15 is 0 Å². The fraction of sp³-hybridized carbons (Fsp3) is 0.348. The number of rotatable bonds is 8. The maximum absolute atomic E-state index is 12.7. The van der Waals surface area contributed by atoms with E-state index in [0.29, 0.717) is 10.8 Å². The van der Waals surface area contributed by atoms with Crippen molar-refractivity contribution in [3.63, 3.8) is 0 Å². The first kappa shape index (κ1) is 21.2. The predicted octanol–water partition coefficient (Wildman–Crippen LogP) is 4.64. The molecule has 1 aromatic heterocycles. The zero-order valence-electron chi connectivity index (χ0n) is 17.7. The fourth-order valence-electron chi connectivity index (χ4n) is 3.64. The van der Waals surface area contributed by atoms with Crippen LogP contribution in [-0.2, 0) is 4.79 Å². The molecule has 1 fully saturated rings. The van der Waals surface area contributed by atoms with E-state index in [1.54, 1.807) is 7.11 Å². The van der Waals surface area contributed by atoms with Crippen molar-refractivity contribution in [1.29, 1.82) is 0 Å². The Morgan fingerprint density at radius 1 is 1.13 bits per heavy atom. The highest BCUT2D eigenvalue weighted by molar-refractivity contribution is 7.99. The van der Waals surface area contributed by atoms with Crippen LogP contribution in [0.4, 0.5) is 5.69 Å². The molecule has 162 valence electrons. The molecular formula is C23H26N4O3S. The van der Waals surface area contributed by atoms with Crippen molar-refractivity contribution in [2.45, 2.75) is 43.9 Å². The van der Waals surface area contributed by atoms with Crippen LogP contribution in [0.1, 0.15) is 31.5 Å². The van der Waals surface area contributed by atoms with Gasteiger partial charge in [0.15, 0.2) is 5.16 Å². The molecule has 0 spiro atoms. The summed E-state index contributed by atoms with van der Waals surface area (Å²) < 4.78 is 13.3. The van der Waals surface area contributed by atoms with Crippen molar-refractivity contribution >= 4 is 23.4 Å². The summed E-state index contributed by atoms with van der Waals surface area (Å²) in [7, 11) is 1.63. The van der Waals surface area contributed by atoms with E-state index in [0.717, 1.165) is 35.9 Å². The van der Waals surface area contributed by atoms with Crippen molar-refractivity contribution in [3.05, 3.63) is 54.4 Å². The molecule has 0 saturated heterocycles. The van der Waals surface area contributed by atoms with Crippen LogP contribution in [-0.4, -0.2) is 39.6 Å². The number of hydrogen-bond acceptors (Lipinski definition) is 6. The number of anilines is 1. The van der Waals surface area contributed by atoms with E-state index in [1.807, 2.05) is 60.0 Å². The number of amides is 1. The maximum atomic E-state index is 12.7. The Labute approximate surface area is 186 Å². The molecular weight excluding hydrogens is 412 g/mol. The standard InChI is InChI=1S/C23H26N4O3S/c1-16-25-26-23(27(16)17-11-13-18(29-2)14-12-17)31-15-22(28)24-20-9-5-6-10-21(20)30-19-7-3-4-8-19/h5-6,9-14,19H,3-4,7-8,15H2,1-2H3,(H,24,28). The lowest BCUT2D eigenvalue weighted by atomic mass is 10.2. The minimum atomic E-state index is -0.116. The second-order valence-electron chi connectivity index (χ2n) is 7.42. The topological polar surface area (TPSA) is 78.3 Å². The van der Waals surface area contributed by atoms with Gasteiger partial charge >= 0.3 is 0 Å². The van der Waals surface area contributed by atoms with Gasteiger partial charge in [-0.15, -0.1) is 10.2 Å². The molecule has 31 heavy (non-hydrogen) atoms. The Kier molecular flexibility index (Phi) is 6.76. The Balaban J connectivity index is 1.41. The van der Waals surface area contributed by atoms with E-state index in [9.17, 15) is 4.79 Å². The number of aryl methyl sites for hydroxylation is 1. The number of nitrogens with zero attached hydrogens (tertiary/aromatic N) is 3. The quantitative estimate of drug-likeness (QED) is 0.517. The van der Waals surface area contributed by atoms with Crippen LogP contribution in [0.3, 0.4) is 0 Å². The van der Waals surface area contributed by atoms with Gasteiger partial charge in [-0.3, -0.25) is 9.36 Å². The van der Waals surface area contributed by atoms with Crippen LogP contribution in [0.25, 0.3) is 5.69 Å². The van der Waals surface area contributed by atoms with Gasteiger partial charge in [-0.05, 0) is 69.0 Å². The van der Waals surface area contributed by atoms with Gasteiger partial charge in [0.25, 0.3) is 0 Å². The number of hydrogen-bond donors (Lipinski definition) is 1. The largest absolute Gasteiger partial charge is 0.497 e. The van der Waals surface area contributed by atoms with E-state index in [4.69, 9.17) is 9.47 Å². The van der Waals surface area contributed by atoms with E-state index in [-0.39, 0.29) is 17.8 Å². The van der Waals surface area contributed by atoms with Gasteiger partial charge in [-0.25, -0.2) is 0 Å². The molecule has 1 aliphatic carbocycles. The molecule has 1 aliphatic rings. The van der Waals surface area contributed by atoms with Crippen LogP contribution < -0.4 is 14.8 Å². The zero-order chi connectivity index (χ0) is 21.6. The first-order valence-corrected chi connectivity index (χ1v) is 11.4. The number of methoxy groups -OCH3 is 1. The van der Waals surface area contributed by atoms with Gasteiger partial charge < -0.3 is 14.8 Å². The number of aromatic nitrogens is 3. The molecule has 4 rings (SSSR count). The summed E-state index contributed by atoms with van der Waals surface area (Å²) in [6, 6.07) is 15.3. The monoisotopic (exact) mass is 438 g/mol. The smallest absolute Gasteiger partial charge is 0.234 e. The summed E-state index contributed by atoms with van der Waals surface area (Å²) >= 11 is 1.34. The second kappa shape index (κ2) is 9.87. The highest BCUT2D eigenvalue weighted by Crippen LogP contribution is 2.30. The lowest BCUT2D eigenvalue weighted by Crippen LogP contribution is -2.17. The Morgan fingerprint density at radius 2 is 1.87 bits per heavy atom. The first-order valence-electron chi connectivity index (χ1n) is 10.4. The third-order valence-corrected chi connectivity index (χ3v) is 6.14. The third-order valence-electron chi connectivity index (χ3n) is 5.22. The highest BCUT2D eigenvalue weighted by Gasteiger charge is 2.19. The third kappa shape index (κ3) is 5.19. The average molecular weight is 439 g/mol. The van der Waals surface area contributed by atoms with Gasteiger partial charge in [0.05, 0.1) is 24.7 Å². The first-order chi connectivity index (χ1) is 15.1. The fourth-order valence-corrected chi connectivity index (χ4v) is 4.44. The predicted molar refractivity (Wildman–Crippen MR) is 121 cm³/mol. The molecule has 2 aromatic carbocycles. The number of thioether (sulfide) groups is 1. The lowest BCUT2D eigenvalue weighted by Gasteiger charge is -2.16. The molecule has 8 heteroatoms. The van der Waals surface area contributed by atoms with Gasteiger partial charge in [0.1, 0.15) is 17.3 Å². The summed E-state index contributed by atoms with van der Waals surface area (Å²) in [5.74, 6) is 2.36. The van der Waals surface area contributed by atoms with E-state index < -0.39 is 0 Å². The molecule has 0 unspecified atom stereocenters. The second-order valence-corrected chi connectivity index (χ2v) is 8.36. The van der Waals surface area contributed by atoms with Gasteiger partial charge in [-0.1, -0.05) is 23.9 Å². The van der Waals surface area contributed by atoms with Crippen LogP contribution in [0.5, 0.6) is 11.5 Å². The molecule has 1 heterocycles. The van der Waals surface area contributed by atoms with Crippen LogP contribution in [0.15, 0.2) is 53.7 Å². The summed E-state index contributed by atoms with van der Waals surface area (Å²) in [6.07, 6.45) is 4.77. The van der Waals surface area contributed by atoms with Crippen molar-refractivity contribution in [3.8, 4) is 17.2 Å². The number of nitrogens with one attached hydrogen (secondary N) is 1. The van der Waals surface area contributed by atoms with Crippen molar-refractivity contribution in [2.24, 2.45) is 0 Å². The van der Waals surface area contributed by atoms with Gasteiger partial charge in [-0.2, -0.15) is 0 Å². The van der Waals surface area contributed by atoms with Crippen LogP contribution in [0.2, 0.25) is 0 Å². The number of carbonyl (C=O) groups is 1. The molecule has 7 nitrogen and oxygen atoms in total. The molecule has 0 atom stereocenters. The van der Waals surface area contributed by atoms with Crippen molar-refractivity contribution in [1.82, 2.24) is 14.8 Å². The normalized spacial score (nSPS) is 13.9. The van der Waals surface area contributed by atoms with Crippen LogP contribution in [0, 0.1) is 6.92 Å². The summed E-state index contributed by atoms with van der Waals surface area (Å²) in [6.45, 7) is 1.89. The molecule has 0 radical (unpaired) electrons. The minimum Gasteiger partial charge on any atom is -0.497 e. The molecule has 1 saturated carbocycles. The number of carbonyl (C=O) groups excluding carboxylic acids is 1. The SMILES string of the molecule is COc1ccc(-n2c(C)nnc2SCC(=O)Nc2ccccc2OC2CCCC2)cc1. The molecule has 1 N–H and O–H groups in total. The summed E-state index contributed by atoms with van der Waals surface area (Å²) in [4.78, 5) is 12.7. The van der Waals surface area contributed by atoms with Crippen molar-refractivity contribution < 1.29 is 14.3 Å². The van der Waals surface area contributed by atoms with Crippen LogP contribution >= 0.6 is 11.8 Å². The Hall–Kier alpha value is -3.00. The number of benzene rings is 2. The Bertz CT molecular complexity index is 1030. The van der Waals surface area contributed by atoms with Gasteiger partial charge in [0.2, 0.25) is 5.91 Å². The van der Waals surface area contributed by atoms with Crippen molar-refractivity contribution in [2.75, 3.05) is 18.2 Å². The van der Waals surface area contributed by atoms with Gasteiger partial charge in [0, 0.05) is 5.69 Å². The highest BCUT2D eigenvalue weighted by atomic mass is 32.2. The molecule has 1 amide bonds. The Morgan fingerprint density at radius 3 is 2.61 bits per heavy atom. The molecule has 0 bridgehead atoms. The number of ether oxygens (including phenoxy) is 2. The molecule has 3 aromatic rings. The zero-order valence-corrected chi connectivity index (χ0v) is 18.5. The summed E-state index contributed by atoms with van der Waals surface area (Å²) in [5, 5.41) is 12.1. The number of para-hydroxylation sites is 2. The molecule has 0 aliphatic heterocycles. The summed E-state index contributed by atoms with van der Waals surface area (Å²) in [5.41, 5.74) is 1.62. The average Bonchev–Trinajstić information content (AvgIpc) is 3.43. The maximum Gasteiger partial charge on any atom is 0.234 e. The minimum absolute atomic E-state index is 0.116. The van der Waals surface area contributed by atoms with E-state index in [1.165, 1.54) is 24.6 Å². The lowest BCUT2D eigenvalue weighted by molar-refractivity contribution is -0.113. The van der Waals surface area contributed by atoms with E-state index in [2.05, 4.69) is 15.5 Å².